The van der Waals surface area contributed by atoms with E-state index in [1.54, 1.807) is 17.6 Å². The molecule has 0 spiro atoms. The lowest BCUT2D eigenvalue weighted by Crippen LogP contribution is -2.12. The quantitative estimate of drug-likeness (QED) is 0.599. The lowest BCUT2D eigenvalue weighted by atomic mass is 10.1. The summed E-state index contributed by atoms with van der Waals surface area (Å²) in [5.74, 6) is -2.33. The second kappa shape index (κ2) is 3.19. The maximum Gasteiger partial charge on any atom is 0.377 e. The number of thiazole rings is 1. The van der Waals surface area contributed by atoms with Gasteiger partial charge in [-0.25, -0.2) is 9.78 Å². The summed E-state index contributed by atoms with van der Waals surface area (Å²) in [6.45, 7) is 0. The predicted molar refractivity (Wildman–Crippen MR) is 51.6 cm³/mol. The number of carbonyl (C=O) groups is 2. The number of carbonyl (C=O) groups excluding carboxylic acids is 1. The summed E-state index contributed by atoms with van der Waals surface area (Å²) in [5, 5.41) is 8.57. The van der Waals surface area contributed by atoms with E-state index in [0.29, 0.717) is 10.2 Å². The second-order valence-corrected chi connectivity index (χ2v) is 3.50. The Bertz CT molecular complexity index is 518. The first-order valence-electron chi connectivity index (χ1n) is 3.80. The molecule has 0 aliphatic heterocycles. The van der Waals surface area contributed by atoms with Crippen LogP contribution in [0.3, 0.4) is 0 Å². The molecule has 2 aromatic rings. The molecular formula is C9H5NO3S. The second-order valence-electron chi connectivity index (χ2n) is 2.64. The van der Waals surface area contributed by atoms with Crippen molar-refractivity contribution < 1.29 is 14.7 Å². The highest BCUT2D eigenvalue weighted by molar-refractivity contribution is 7.17. The van der Waals surface area contributed by atoms with Gasteiger partial charge in [0.2, 0.25) is 0 Å². The minimum absolute atomic E-state index is 0.206. The first-order chi connectivity index (χ1) is 6.70. The van der Waals surface area contributed by atoms with Crippen molar-refractivity contribution in [2.75, 3.05) is 0 Å². The zero-order valence-corrected chi connectivity index (χ0v) is 7.75. The summed E-state index contributed by atoms with van der Waals surface area (Å²) < 4.78 is 0.625. The number of carboxylic acid groups (broad SMARTS) is 1. The van der Waals surface area contributed by atoms with E-state index in [2.05, 4.69) is 4.98 Å². The molecule has 0 bridgehead atoms. The summed E-state index contributed by atoms with van der Waals surface area (Å²) in [6.07, 6.45) is 0. The third-order valence-corrected chi connectivity index (χ3v) is 2.67. The van der Waals surface area contributed by atoms with Crippen LogP contribution in [0.15, 0.2) is 23.7 Å². The zero-order valence-electron chi connectivity index (χ0n) is 6.93. The van der Waals surface area contributed by atoms with Crippen LogP contribution < -0.4 is 0 Å². The fourth-order valence-corrected chi connectivity index (χ4v) is 1.98. The van der Waals surface area contributed by atoms with Crippen LogP contribution in [0.2, 0.25) is 0 Å². The van der Waals surface area contributed by atoms with E-state index in [9.17, 15) is 9.59 Å². The summed E-state index contributed by atoms with van der Waals surface area (Å²) in [4.78, 5) is 25.7. The summed E-state index contributed by atoms with van der Waals surface area (Å²) >= 11 is 1.26. The lowest BCUT2D eigenvalue weighted by Gasteiger charge is -1.96. The molecule has 1 heterocycles. The van der Waals surface area contributed by atoms with Crippen LogP contribution >= 0.6 is 11.3 Å². The number of hydrogen-bond donors (Lipinski definition) is 1. The zero-order chi connectivity index (χ0) is 10.1. The van der Waals surface area contributed by atoms with Gasteiger partial charge in [0.05, 0.1) is 15.7 Å². The van der Waals surface area contributed by atoms with Gasteiger partial charge in [0.25, 0.3) is 5.78 Å². The Morgan fingerprint density at radius 3 is 2.86 bits per heavy atom. The van der Waals surface area contributed by atoms with Gasteiger partial charge >= 0.3 is 5.97 Å². The van der Waals surface area contributed by atoms with Crippen molar-refractivity contribution in [2.24, 2.45) is 0 Å². The monoisotopic (exact) mass is 207 g/mol. The number of aromatic nitrogens is 1. The molecule has 0 aliphatic rings. The van der Waals surface area contributed by atoms with Crippen LogP contribution in [0.1, 0.15) is 10.4 Å². The average molecular weight is 207 g/mol. The Hall–Kier alpha value is -1.75. The maximum absolute atomic E-state index is 11.2. The van der Waals surface area contributed by atoms with Crippen molar-refractivity contribution >= 4 is 33.3 Å². The molecule has 1 N–H and O–H groups in total. The fourth-order valence-electron chi connectivity index (χ4n) is 1.18. The van der Waals surface area contributed by atoms with Gasteiger partial charge in [-0.15, -0.1) is 11.3 Å². The van der Waals surface area contributed by atoms with E-state index in [-0.39, 0.29) is 5.56 Å². The Morgan fingerprint density at radius 2 is 2.14 bits per heavy atom. The first-order valence-corrected chi connectivity index (χ1v) is 4.68. The smallest absolute Gasteiger partial charge is 0.377 e. The van der Waals surface area contributed by atoms with E-state index in [4.69, 9.17) is 5.11 Å². The highest BCUT2D eigenvalue weighted by atomic mass is 32.1. The van der Waals surface area contributed by atoms with E-state index in [1.807, 2.05) is 0 Å². The number of benzene rings is 1. The number of hydrogen-bond acceptors (Lipinski definition) is 4. The molecule has 4 nitrogen and oxygen atoms in total. The highest BCUT2D eigenvalue weighted by Gasteiger charge is 2.17. The number of rotatable bonds is 2. The van der Waals surface area contributed by atoms with E-state index in [0.717, 1.165) is 0 Å². The van der Waals surface area contributed by atoms with Crippen LogP contribution in [0.5, 0.6) is 0 Å². The van der Waals surface area contributed by atoms with Gasteiger partial charge in [0.1, 0.15) is 0 Å². The van der Waals surface area contributed by atoms with Gasteiger partial charge in [0, 0.05) is 5.56 Å². The molecule has 0 radical (unpaired) electrons. The number of ketones is 1. The van der Waals surface area contributed by atoms with Gasteiger partial charge in [-0.3, -0.25) is 4.79 Å². The lowest BCUT2D eigenvalue weighted by molar-refractivity contribution is -0.131. The number of fused-ring (bicyclic) bond motifs is 1. The molecule has 0 unspecified atom stereocenters. The van der Waals surface area contributed by atoms with Crippen molar-refractivity contribution in [1.82, 2.24) is 4.98 Å². The molecule has 2 rings (SSSR count). The van der Waals surface area contributed by atoms with Crippen molar-refractivity contribution in [3.05, 3.63) is 29.3 Å². The molecule has 0 aliphatic carbocycles. The van der Waals surface area contributed by atoms with Crippen LogP contribution in [0, 0.1) is 0 Å². The fraction of sp³-hybridized carbons (Fsp3) is 0. The molecule has 0 saturated heterocycles. The number of aliphatic carboxylic acids is 1. The number of Topliss-reactive ketones (excluding diaryl/α,β-unsaturated/α-hetero) is 1. The van der Waals surface area contributed by atoms with Crippen molar-refractivity contribution in [2.45, 2.75) is 0 Å². The van der Waals surface area contributed by atoms with Gasteiger partial charge in [-0.05, 0) is 12.1 Å². The summed E-state index contributed by atoms with van der Waals surface area (Å²) in [5.41, 5.74) is 2.45. The maximum atomic E-state index is 11.2. The summed E-state index contributed by atoms with van der Waals surface area (Å²) in [7, 11) is 0. The van der Waals surface area contributed by atoms with Gasteiger partial charge in [-0.1, -0.05) is 6.07 Å². The molecular weight excluding hydrogens is 202 g/mol. The molecule has 0 atom stereocenters. The van der Waals surface area contributed by atoms with Crippen LogP contribution in [-0.2, 0) is 4.79 Å². The van der Waals surface area contributed by atoms with E-state index in [1.165, 1.54) is 17.4 Å². The Kier molecular flexibility index (Phi) is 2.01. The molecule has 70 valence electrons. The Morgan fingerprint density at radius 1 is 1.36 bits per heavy atom. The third kappa shape index (κ3) is 1.27. The van der Waals surface area contributed by atoms with E-state index < -0.39 is 11.8 Å². The van der Waals surface area contributed by atoms with Crippen molar-refractivity contribution in [3.8, 4) is 0 Å². The van der Waals surface area contributed by atoms with Gasteiger partial charge < -0.3 is 5.11 Å². The van der Waals surface area contributed by atoms with Gasteiger partial charge in [-0.2, -0.15) is 0 Å². The number of carboxylic acids is 1. The summed E-state index contributed by atoms with van der Waals surface area (Å²) in [6, 6.07) is 4.86. The van der Waals surface area contributed by atoms with Crippen LogP contribution in [0.4, 0.5) is 0 Å². The highest BCUT2D eigenvalue weighted by Crippen LogP contribution is 2.22. The van der Waals surface area contributed by atoms with Crippen LogP contribution in [0.25, 0.3) is 10.2 Å². The first kappa shape index (κ1) is 8.83. The largest absolute Gasteiger partial charge is 0.475 e. The molecule has 1 aromatic heterocycles. The molecule has 0 amide bonds. The Balaban J connectivity index is 2.67. The van der Waals surface area contributed by atoms with Gasteiger partial charge in [0.15, 0.2) is 0 Å². The Labute approximate surface area is 82.8 Å². The molecule has 5 heteroatoms. The predicted octanol–water partition coefficient (Wildman–Crippen LogP) is 1.56. The topological polar surface area (TPSA) is 67.3 Å². The van der Waals surface area contributed by atoms with Crippen LogP contribution in [-0.4, -0.2) is 21.8 Å². The molecule has 14 heavy (non-hydrogen) atoms. The number of nitrogens with zero attached hydrogens (tertiary/aromatic N) is 1. The minimum atomic E-state index is -1.44. The average Bonchev–Trinajstić information content (AvgIpc) is 2.63. The molecule has 0 saturated carbocycles. The standard InChI is InChI=1S/C9H5NO3S/c11-7(9(12)13)5-2-1-3-6-8(5)14-4-10-6/h1-4H,(H,12,13). The van der Waals surface area contributed by atoms with E-state index >= 15 is 0 Å². The SMILES string of the molecule is O=C(O)C(=O)c1cccc2ncsc12. The molecule has 0 fully saturated rings. The van der Waals surface area contributed by atoms with Crippen molar-refractivity contribution in [1.29, 1.82) is 0 Å². The third-order valence-electron chi connectivity index (χ3n) is 1.80. The molecule has 1 aromatic carbocycles. The minimum Gasteiger partial charge on any atom is -0.475 e. The normalized spacial score (nSPS) is 10.3. The van der Waals surface area contributed by atoms with Crippen molar-refractivity contribution in [3.63, 3.8) is 0 Å².